The first-order valence-electron chi connectivity index (χ1n) is 5.55. The lowest BCUT2D eigenvalue weighted by atomic mass is 9.79. The summed E-state index contributed by atoms with van der Waals surface area (Å²) in [5.41, 5.74) is -0.166. The molecule has 0 radical (unpaired) electrons. The maximum Gasteiger partial charge on any atom is 0.351 e. The normalized spacial score (nSPS) is 38.3. The van der Waals surface area contributed by atoms with Gasteiger partial charge < -0.3 is 4.74 Å². The molecule has 3 atom stereocenters. The zero-order chi connectivity index (χ0) is 13.0. The minimum Gasteiger partial charge on any atom is -0.449 e. The third-order valence-corrected chi connectivity index (χ3v) is 4.39. The molecule has 1 aromatic rings. The van der Waals surface area contributed by atoms with Crippen LogP contribution < -0.4 is 0 Å². The van der Waals surface area contributed by atoms with Crippen molar-refractivity contribution in [2.45, 2.75) is 29.9 Å². The Labute approximate surface area is 114 Å². The molecule has 4 rings (SSSR count). The molecule has 18 heavy (non-hydrogen) atoms. The lowest BCUT2D eigenvalue weighted by Gasteiger charge is -2.47. The molecule has 0 amide bonds. The summed E-state index contributed by atoms with van der Waals surface area (Å²) >= 11 is 12.3. The van der Waals surface area contributed by atoms with Crippen LogP contribution in [0, 0.1) is 0 Å². The number of fused-ring (bicyclic) bond motifs is 2. The lowest BCUT2D eigenvalue weighted by Crippen LogP contribution is -2.59. The van der Waals surface area contributed by atoms with Crippen molar-refractivity contribution in [3.63, 3.8) is 0 Å². The van der Waals surface area contributed by atoms with Crippen molar-refractivity contribution in [2.75, 3.05) is 0 Å². The smallest absolute Gasteiger partial charge is 0.351 e. The molecule has 3 aliphatic rings. The highest BCUT2D eigenvalue weighted by Crippen LogP contribution is 2.51. The van der Waals surface area contributed by atoms with E-state index in [1.807, 2.05) is 18.2 Å². The number of aliphatic imine (C=N–C) groups is 1. The molecule has 1 saturated heterocycles. The van der Waals surface area contributed by atoms with E-state index in [4.69, 9.17) is 27.9 Å². The van der Waals surface area contributed by atoms with Gasteiger partial charge in [0.1, 0.15) is 5.17 Å². The van der Waals surface area contributed by atoms with Crippen LogP contribution in [0.1, 0.15) is 25.0 Å². The van der Waals surface area contributed by atoms with Gasteiger partial charge in [0.25, 0.3) is 0 Å². The van der Waals surface area contributed by atoms with E-state index in [1.165, 1.54) is 0 Å². The first-order valence-corrected chi connectivity index (χ1v) is 6.30. The molecule has 94 valence electrons. The van der Waals surface area contributed by atoms with E-state index in [0.717, 1.165) is 5.69 Å². The molecule has 0 N–H and O–H groups in total. The molecule has 0 aliphatic carbocycles. The van der Waals surface area contributed by atoms with Crippen molar-refractivity contribution in [3.05, 3.63) is 30.1 Å². The van der Waals surface area contributed by atoms with Crippen LogP contribution in [-0.2, 0) is 9.53 Å². The first kappa shape index (κ1) is 11.9. The summed E-state index contributed by atoms with van der Waals surface area (Å²) in [5.74, 6) is -0.882. The number of esters is 1. The third kappa shape index (κ3) is 1.49. The van der Waals surface area contributed by atoms with E-state index in [-0.39, 0.29) is 11.1 Å². The Bertz CT molecular complexity index is 548. The number of aromatic nitrogens is 1. The van der Waals surface area contributed by atoms with E-state index in [9.17, 15) is 4.79 Å². The molecule has 4 nitrogen and oxygen atoms in total. The highest BCUT2D eigenvalue weighted by atomic mass is 35.5. The second-order valence-electron chi connectivity index (χ2n) is 4.71. The molecule has 4 heterocycles. The van der Waals surface area contributed by atoms with Crippen LogP contribution in [0.2, 0.25) is 0 Å². The lowest BCUT2D eigenvalue weighted by molar-refractivity contribution is -0.166. The quantitative estimate of drug-likeness (QED) is 0.452. The Hall–Kier alpha value is -1.13. The van der Waals surface area contributed by atoms with Crippen molar-refractivity contribution < 1.29 is 9.53 Å². The van der Waals surface area contributed by atoms with E-state index in [1.54, 1.807) is 13.1 Å². The third-order valence-electron chi connectivity index (χ3n) is 3.40. The van der Waals surface area contributed by atoms with Crippen LogP contribution in [0.3, 0.4) is 0 Å². The van der Waals surface area contributed by atoms with Crippen LogP contribution in [-0.4, -0.2) is 26.7 Å². The van der Waals surface area contributed by atoms with Crippen LogP contribution >= 0.6 is 23.2 Å². The number of alkyl halides is 1. The monoisotopic (exact) mass is 284 g/mol. The maximum atomic E-state index is 12.0. The van der Waals surface area contributed by atoms with Gasteiger partial charge in [0.15, 0.2) is 5.60 Å². The molecule has 1 aromatic heterocycles. The number of ether oxygens (including phenoxy) is 1. The fraction of sp³-hybridized carbons (Fsp3) is 0.417. The highest BCUT2D eigenvalue weighted by Gasteiger charge is 2.62. The molecule has 0 saturated carbocycles. The Kier molecular flexibility index (Phi) is 2.44. The largest absolute Gasteiger partial charge is 0.449 e. The zero-order valence-electron chi connectivity index (χ0n) is 9.56. The van der Waals surface area contributed by atoms with Gasteiger partial charge in [-0.1, -0.05) is 29.3 Å². The molecule has 0 aromatic carbocycles. The molecule has 0 unspecified atom stereocenters. The van der Waals surface area contributed by atoms with Gasteiger partial charge in [-0.15, -0.1) is 0 Å². The van der Waals surface area contributed by atoms with Gasteiger partial charge in [-0.3, -0.25) is 4.98 Å². The maximum absolute atomic E-state index is 12.0. The summed E-state index contributed by atoms with van der Waals surface area (Å²) in [6.45, 7) is 1.74. The van der Waals surface area contributed by atoms with Crippen molar-refractivity contribution in [3.8, 4) is 0 Å². The van der Waals surface area contributed by atoms with Crippen molar-refractivity contribution in [1.29, 1.82) is 0 Å². The topological polar surface area (TPSA) is 51.5 Å². The van der Waals surface area contributed by atoms with Crippen LogP contribution in [0.15, 0.2) is 29.4 Å². The zero-order valence-corrected chi connectivity index (χ0v) is 11.1. The number of pyridine rings is 1. The van der Waals surface area contributed by atoms with Gasteiger partial charge in [-0.05, 0) is 19.1 Å². The predicted molar refractivity (Wildman–Crippen MR) is 68.0 cm³/mol. The number of halogens is 2. The van der Waals surface area contributed by atoms with Crippen molar-refractivity contribution in [1.82, 2.24) is 4.98 Å². The average molecular weight is 285 g/mol. The van der Waals surface area contributed by atoms with E-state index < -0.39 is 16.6 Å². The molecule has 3 aliphatic heterocycles. The van der Waals surface area contributed by atoms with E-state index in [0.29, 0.717) is 6.42 Å². The molecule has 0 spiro atoms. The molecule has 1 fully saturated rings. The molecular weight excluding hydrogens is 275 g/mol. The van der Waals surface area contributed by atoms with E-state index >= 15 is 0 Å². The fourth-order valence-electron chi connectivity index (χ4n) is 2.38. The Balaban J connectivity index is 2.13. The number of hydrogen-bond donors (Lipinski definition) is 0. The number of hydrogen-bond acceptors (Lipinski definition) is 4. The minimum absolute atomic E-state index is 0.240. The summed E-state index contributed by atoms with van der Waals surface area (Å²) in [5, 5.41) is 0.240. The van der Waals surface area contributed by atoms with Crippen molar-refractivity contribution >= 4 is 34.3 Å². The second-order valence-corrected chi connectivity index (χ2v) is 5.64. The van der Waals surface area contributed by atoms with Gasteiger partial charge in [0.05, 0.1) is 5.92 Å². The standard InChI is InChI=1S/C12H10Cl2N2O2/c1-11-6-7(8-4-2-3-5-15-8)12(14,10(17)18-11)16-9(11)13/h2-5,7H,6H2,1H3/t7-,11-,12-/m1/s1. The summed E-state index contributed by atoms with van der Waals surface area (Å²) in [6, 6.07) is 5.49. The first-order chi connectivity index (χ1) is 8.46. The summed E-state index contributed by atoms with van der Waals surface area (Å²) in [4.78, 5) is 18.9. The van der Waals surface area contributed by atoms with Crippen molar-refractivity contribution in [2.24, 2.45) is 4.99 Å². The summed E-state index contributed by atoms with van der Waals surface area (Å²) < 4.78 is 5.28. The molecule has 6 heteroatoms. The highest BCUT2D eigenvalue weighted by molar-refractivity contribution is 6.68. The van der Waals surface area contributed by atoms with Gasteiger partial charge in [0.2, 0.25) is 5.00 Å². The average Bonchev–Trinajstić information content (AvgIpc) is 2.34. The second kappa shape index (κ2) is 3.68. The SMILES string of the molecule is C[C@@]12C[C@H](c3ccccn3)[C@@](Cl)(N=C1Cl)C(=O)O2. The Morgan fingerprint density at radius 3 is 2.94 bits per heavy atom. The predicted octanol–water partition coefficient (Wildman–Crippen LogP) is 2.46. The van der Waals surface area contributed by atoms with E-state index in [2.05, 4.69) is 9.98 Å². The summed E-state index contributed by atoms with van der Waals surface area (Å²) in [7, 11) is 0. The number of nitrogens with zero attached hydrogens (tertiary/aromatic N) is 2. The minimum atomic E-state index is -1.48. The fourth-order valence-corrected chi connectivity index (χ4v) is 2.98. The van der Waals surface area contributed by atoms with Gasteiger partial charge in [-0.2, -0.15) is 0 Å². The Morgan fingerprint density at radius 2 is 2.28 bits per heavy atom. The van der Waals surface area contributed by atoms with Crippen LogP contribution in [0.25, 0.3) is 0 Å². The number of carbonyl (C=O) groups excluding carboxylic acids is 1. The van der Waals surface area contributed by atoms with Gasteiger partial charge >= 0.3 is 5.97 Å². The van der Waals surface area contributed by atoms with Gasteiger partial charge in [-0.25, -0.2) is 9.79 Å². The molecular formula is C12H10Cl2N2O2. The van der Waals surface area contributed by atoms with Crippen LogP contribution in [0.4, 0.5) is 0 Å². The summed E-state index contributed by atoms with van der Waals surface area (Å²) in [6.07, 6.45) is 2.15. The Morgan fingerprint density at radius 1 is 1.50 bits per heavy atom. The van der Waals surface area contributed by atoms with Crippen LogP contribution in [0.5, 0.6) is 0 Å². The molecule has 2 bridgehead atoms. The number of rotatable bonds is 1. The van der Waals surface area contributed by atoms with Gasteiger partial charge in [0, 0.05) is 18.3 Å². The number of carbonyl (C=O) groups is 1.